The maximum atomic E-state index is 8.60. The Kier molecular flexibility index (Phi) is 3.82. The molecule has 0 aliphatic rings. The minimum Gasteiger partial charge on any atom is -0.369 e. The molecule has 0 aromatic heterocycles. The second kappa shape index (κ2) is 4.68. The Morgan fingerprint density at radius 2 is 2.31 bits per heavy atom. The van der Waals surface area contributed by atoms with Crippen molar-refractivity contribution in [3.8, 4) is 6.07 Å². The highest BCUT2D eigenvalue weighted by Gasteiger charge is 2.03. The zero-order chi connectivity index (χ0) is 9.84. The molecule has 0 spiro atoms. The summed E-state index contributed by atoms with van der Waals surface area (Å²) in [5, 5.41) is 12.4. The molecule has 1 N–H and O–H groups in total. The maximum Gasteiger partial charge on any atom is 0.111 e. The summed E-state index contributed by atoms with van der Waals surface area (Å²) in [5.74, 6) is 0. The van der Waals surface area contributed by atoms with Gasteiger partial charge in [0.25, 0.3) is 0 Å². The fraction of sp³-hybridized carbons (Fsp3) is 0.222. The van der Waals surface area contributed by atoms with Crippen LogP contribution in [-0.2, 0) is 0 Å². The zero-order valence-electron chi connectivity index (χ0n) is 7.01. The summed E-state index contributed by atoms with van der Waals surface area (Å²) in [5.41, 5.74) is 0.944. The van der Waals surface area contributed by atoms with Crippen molar-refractivity contribution in [3.63, 3.8) is 0 Å². The van der Waals surface area contributed by atoms with Gasteiger partial charge in [-0.15, -0.1) is 0 Å². The summed E-state index contributed by atoms with van der Waals surface area (Å²) < 4.78 is 1.02. The average molecular weight is 307 g/mol. The molecule has 1 rings (SSSR count). The molecular formula is C9H8ClIN2. The summed E-state index contributed by atoms with van der Waals surface area (Å²) in [6.45, 7) is 1.81. The van der Waals surface area contributed by atoms with Gasteiger partial charge >= 0.3 is 0 Å². The molecule has 1 atom stereocenters. The van der Waals surface area contributed by atoms with E-state index in [9.17, 15) is 0 Å². The molecule has 4 heteroatoms. The topological polar surface area (TPSA) is 35.8 Å². The number of rotatable bonds is 2. The van der Waals surface area contributed by atoms with Crippen molar-refractivity contribution in [1.29, 1.82) is 5.26 Å². The minimum atomic E-state index is -0.185. The van der Waals surface area contributed by atoms with E-state index in [0.717, 1.165) is 9.26 Å². The number of nitriles is 1. The molecular weight excluding hydrogens is 298 g/mol. The highest BCUT2D eigenvalue weighted by molar-refractivity contribution is 14.1. The van der Waals surface area contributed by atoms with Crippen molar-refractivity contribution >= 4 is 39.9 Å². The van der Waals surface area contributed by atoms with Gasteiger partial charge in [0.15, 0.2) is 0 Å². The van der Waals surface area contributed by atoms with Crippen molar-refractivity contribution in [1.82, 2.24) is 0 Å². The molecule has 0 saturated heterocycles. The van der Waals surface area contributed by atoms with E-state index in [2.05, 4.69) is 34.0 Å². The molecule has 0 saturated carbocycles. The fourth-order valence-electron chi connectivity index (χ4n) is 0.872. The van der Waals surface area contributed by atoms with Gasteiger partial charge in [-0.25, -0.2) is 0 Å². The van der Waals surface area contributed by atoms with Crippen LogP contribution >= 0.6 is 34.2 Å². The van der Waals surface area contributed by atoms with Crippen LogP contribution in [0.4, 0.5) is 5.69 Å². The normalized spacial score (nSPS) is 11.8. The molecule has 13 heavy (non-hydrogen) atoms. The van der Waals surface area contributed by atoms with E-state index in [1.165, 1.54) is 0 Å². The first-order valence-corrected chi connectivity index (χ1v) is 5.20. The van der Waals surface area contributed by atoms with Gasteiger partial charge in [-0.2, -0.15) is 5.26 Å². The summed E-state index contributed by atoms with van der Waals surface area (Å²) in [6, 6.07) is 7.45. The lowest BCUT2D eigenvalue weighted by atomic mass is 10.3. The monoisotopic (exact) mass is 306 g/mol. The Morgan fingerprint density at radius 1 is 1.62 bits per heavy atom. The van der Waals surface area contributed by atoms with Crippen LogP contribution < -0.4 is 5.32 Å². The van der Waals surface area contributed by atoms with E-state index in [1.807, 2.05) is 19.1 Å². The fourth-order valence-corrected chi connectivity index (χ4v) is 1.90. The van der Waals surface area contributed by atoms with Crippen LogP contribution in [0.2, 0.25) is 5.02 Å². The number of benzene rings is 1. The van der Waals surface area contributed by atoms with Gasteiger partial charge in [0.2, 0.25) is 0 Å². The van der Waals surface area contributed by atoms with Gasteiger partial charge in [0.1, 0.15) is 6.04 Å². The van der Waals surface area contributed by atoms with Gasteiger partial charge < -0.3 is 5.32 Å². The van der Waals surface area contributed by atoms with Gasteiger partial charge in [-0.05, 0) is 47.7 Å². The highest BCUT2D eigenvalue weighted by Crippen LogP contribution is 2.22. The number of hydrogen-bond donors (Lipinski definition) is 1. The second-order valence-corrected chi connectivity index (χ2v) is 4.22. The molecule has 0 amide bonds. The Morgan fingerprint density at radius 3 is 2.85 bits per heavy atom. The van der Waals surface area contributed by atoms with Crippen LogP contribution in [0.15, 0.2) is 18.2 Å². The third-order valence-electron chi connectivity index (χ3n) is 1.50. The van der Waals surface area contributed by atoms with Crippen molar-refractivity contribution in [2.45, 2.75) is 13.0 Å². The number of nitrogens with one attached hydrogen (secondary N) is 1. The van der Waals surface area contributed by atoms with E-state index < -0.39 is 0 Å². The Balaban J connectivity index is 2.85. The molecule has 1 aromatic carbocycles. The second-order valence-electron chi connectivity index (χ2n) is 2.62. The van der Waals surface area contributed by atoms with Crippen LogP contribution in [0, 0.1) is 14.9 Å². The molecule has 2 nitrogen and oxygen atoms in total. The maximum absolute atomic E-state index is 8.60. The van der Waals surface area contributed by atoms with E-state index in [4.69, 9.17) is 16.9 Å². The number of anilines is 1. The Labute approximate surface area is 96.0 Å². The lowest BCUT2D eigenvalue weighted by molar-refractivity contribution is 1.01. The molecule has 1 unspecified atom stereocenters. The van der Waals surface area contributed by atoms with Gasteiger partial charge in [0.05, 0.1) is 6.07 Å². The van der Waals surface area contributed by atoms with Crippen molar-refractivity contribution < 1.29 is 0 Å². The van der Waals surface area contributed by atoms with Gasteiger partial charge in [-0.3, -0.25) is 0 Å². The average Bonchev–Trinajstić information content (AvgIpc) is 2.09. The van der Waals surface area contributed by atoms with Crippen LogP contribution in [0.1, 0.15) is 6.92 Å². The first-order chi connectivity index (χ1) is 6.13. The quantitative estimate of drug-likeness (QED) is 0.851. The van der Waals surface area contributed by atoms with Crippen molar-refractivity contribution in [2.24, 2.45) is 0 Å². The Hall–Kier alpha value is -0.470. The largest absolute Gasteiger partial charge is 0.369 e. The molecule has 0 bridgehead atoms. The number of hydrogen-bond acceptors (Lipinski definition) is 2. The summed E-state index contributed by atoms with van der Waals surface area (Å²) in [4.78, 5) is 0. The van der Waals surface area contributed by atoms with Crippen LogP contribution in [0.3, 0.4) is 0 Å². The lowest BCUT2D eigenvalue weighted by Crippen LogP contribution is -2.12. The van der Waals surface area contributed by atoms with Crippen LogP contribution in [-0.4, -0.2) is 6.04 Å². The van der Waals surface area contributed by atoms with E-state index in [1.54, 1.807) is 6.07 Å². The molecule has 1 aromatic rings. The predicted octanol–water partition coefficient (Wildman–Crippen LogP) is 3.27. The molecule has 0 heterocycles. The van der Waals surface area contributed by atoms with E-state index >= 15 is 0 Å². The standard InChI is InChI=1S/C9H8ClIN2/c1-6(5-12)13-9-3-2-7(10)4-8(9)11/h2-4,6,13H,1H3. The summed E-state index contributed by atoms with van der Waals surface area (Å²) in [6.07, 6.45) is 0. The van der Waals surface area contributed by atoms with E-state index in [0.29, 0.717) is 5.02 Å². The smallest absolute Gasteiger partial charge is 0.111 e. The Bertz CT molecular complexity index is 346. The predicted molar refractivity (Wildman–Crippen MR) is 62.9 cm³/mol. The zero-order valence-corrected chi connectivity index (χ0v) is 9.93. The summed E-state index contributed by atoms with van der Waals surface area (Å²) in [7, 11) is 0. The lowest BCUT2D eigenvalue weighted by Gasteiger charge is -2.09. The number of halogens is 2. The van der Waals surface area contributed by atoms with Crippen LogP contribution in [0.25, 0.3) is 0 Å². The SMILES string of the molecule is CC(C#N)Nc1ccc(Cl)cc1I. The molecule has 0 aliphatic heterocycles. The van der Waals surface area contributed by atoms with Crippen molar-refractivity contribution in [2.75, 3.05) is 5.32 Å². The third-order valence-corrected chi connectivity index (χ3v) is 2.62. The molecule has 0 aliphatic carbocycles. The number of nitrogens with zero attached hydrogens (tertiary/aromatic N) is 1. The molecule has 68 valence electrons. The molecule has 0 radical (unpaired) electrons. The molecule has 0 fully saturated rings. The minimum absolute atomic E-state index is 0.185. The van der Waals surface area contributed by atoms with E-state index in [-0.39, 0.29) is 6.04 Å². The van der Waals surface area contributed by atoms with Gasteiger partial charge in [0, 0.05) is 14.3 Å². The third kappa shape index (κ3) is 3.05. The first kappa shape index (κ1) is 10.6. The summed E-state index contributed by atoms with van der Waals surface area (Å²) >= 11 is 7.97. The highest BCUT2D eigenvalue weighted by atomic mass is 127. The van der Waals surface area contributed by atoms with Crippen molar-refractivity contribution in [3.05, 3.63) is 26.8 Å². The first-order valence-electron chi connectivity index (χ1n) is 3.74. The van der Waals surface area contributed by atoms with Crippen LogP contribution in [0.5, 0.6) is 0 Å². The van der Waals surface area contributed by atoms with Gasteiger partial charge in [-0.1, -0.05) is 11.6 Å².